The third-order valence-electron chi connectivity index (χ3n) is 0.800. The van der Waals surface area contributed by atoms with Gasteiger partial charge in [0, 0.05) is 0 Å². The van der Waals surface area contributed by atoms with Crippen LogP contribution in [0.1, 0.15) is 0 Å². The highest BCUT2D eigenvalue weighted by Gasteiger charge is 1.71. The van der Waals surface area contributed by atoms with Crippen LogP contribution in [0.15, 0.2) is 30.3 Å². The van der Waals surface area contributed by atoms with Gasteiger partial charge in [0.25, 0.3) is 0 Å². The summed E-state index contributed by atoms with van der Waals surface area (Å²) in [6.45, 7) is 0. The van der Waals surface area contributed by atoms with Crippen molar-refractivity contribution in [3.8, 4) is 0 Å². The maximum Gasteiger partial charge on any atom is 0.113 e. The molecule has 0 amide bonds. The van der Waals surface area contributed by atoms with E-state index in [4.69, 9.17) is 7.85 Å². The first kappa shape index (κ1) is 16.1. The second-order valence-electron chi connectivity index (χ2n) is 1.41. The average Bonchev–Trinajstić information content (AvgIpc) is 1.69. The minimum Gasteiger partial charge on any atom is -0.412 e. The monoisotopic (exact) mass is 144 g/mol. The molecule has 1 rings (SSSR count). The van der Waals surface area contributed by atoms with E-state index in [0.29, 0.717) is 0 Å². The van der Waals surface area contributed by atoms with E-state index in [1.807, 2.05) is 30.3 Å². The van der Waals surface area contributed by atoms with E-state index in [1.54, 1.807) is 0 Å². The quantitative estimate of drug-likeness (QED) is 0.418. The van der Waals surface area contributed by atoms with Crippen molar-refractivity contribution in [1.29, 1.82) is 0 Å². The molecule has 0 spiro atoms. The molecule has 0 saturated heterocycles. The molecule has 4 heteroatoms. The fraction of sp³-hybridized carbons (Fsp3) is 0. The number of hydrogen-bond acceptors (Lipinski definition) is 0. The molecule has 0 aromatic heterocycles. The molecule has 56 valence electrons. The highest BCUT2D eigenvalue weighted by molar-refractivity contribution is 6.32. The molecule has 2 nitrogen and oxygen atoms in total. The van der Waals surface area contributed by atoms with E-state index in [2.05, 4.69) is 0 Å². The summed E-state index contributed by atoms with van der Waals surface area (Å²) in [7, 11) is 5.36. The maximum absolute atomic E-state index is 5.36. The molecule has 0 saturated carbocycles. The van der Waals surface area contributed by atoms with Gasteiger partial charge in [-0.1, -0.05) is 35.8 Å². The van der Waals surface area contributed by atoms with Crippen molar-refractivity contribution < 1.29 is 15.7 Å². The van der Waals surface area contributed by atoms with Gasteiger partial charge in [0.2, 0.25) is 0 Å². The van der Waals surface area contributed by atoms with Crippen molar-refractivity contribution in [1.82, 2.24) is 0 Å². The summed E-state index contributed by atoms with van der Waals surface area (Å²) in [5, 5.41) is 0. The summed E-state index contributed by atoms with van der Waals surface area (Å²) in [4.78, 5) is 0. The van der Waals surface area contributed by atoms with Crippen molar-refractivity contribution in [3.63, 3.8) is 0 Å². The van der Waals surface area contributed by atoms with Gasteiger partial charge in [0.1, 0.15) is 7.85 Å². The Bertz CT molecular complexity index is 146. The van der Waals surface area contributed by atoms with Crippen LogP contribution in [0, 0.1) is 0 Å². The molecular formula is C6H10BFO2. The zero-order valence-electron chi connectivity index (χ0n) is 5.37. The molecule has 4 N–H and O–H groups in total. The first-order valence-corrected chi connectivity index (χ1v) is 2.20. The van der Waals surface area contributed by atoms with Crippen LogP contribution in [0.4, 0.5) is 4.70 Å². The Hall–Kier alpha value is -0.865. The molecule has 1 aromatic carbocycles. The van der Waals surface area contributed by atoms with Crippen molar-refractivity contribution in [2.45, 2.75) is 0 Å². The van der Waals surface area contributed by atoms with Crippen molar-refractivity contribution in [2.24, 2.45) is 0 Å². The van der Waals surface area contributed by atoms with Crippen LogP contribution < -0.4 is 5.46 Å². The normalized spacial score (nSPS) is 6.00. The zero-order chi connectivity index (χ0) is 5.11. The summed E-state index contributed by atoms with van der Waals surface area (Å²) in [6.07, 6.45) is 0. The first-order valence-electron chi connectivity index (χ1n) is 2.20. The molecule has 10 heavy (non-hydrogen) atoms. The fourth-order valence-corrected chi connectivity index (χ4v) is 0.453. The van der Waals surface area contributed by atoms with Gasteiger partial charge in [-0.25, -0.2) is 0 Å². The summed E-state index contributed by atoms with van der Waals surface area (Å²) in [5.41, 5.74) is 0.822. The fourth-order valence-electron chi connectivity index (χ4n) is 0.453. The highest BCUT2D eigenvalue weighted by Crippen LogP contribution is 1.76. The lowest BCUT2D eigenvalue weighted by atomic mass is 9.97. The van der Waals surface area contributed by atoms with Crippen LogP contribution in [-0.2, 0) is 0 Å². The minimum absolute atomic E-state index is 0. The maximum atomic E-state index is 5.36. The number of hydrogen-bond donors (Lipinski definition) is 0. The van der Waals surface area contributed by atoms with E-state index in [-0.39, 0.29) is 15.7 Å². The molecule has 2 radical (unpaired) electrons. The topological polar surface area (TPSA) is 63.0 Å². The Labute approximate surface area is 60.3 Å². The van der Waals surface area contributed by atoms with E-state index in [9.17, 15) is 0 Å². The molecule has 0 bridgehead atoms. The smallest absolute Gasteiger partial charge is 0.113 e. The number of benzene rings is 1. The predicted molar refractivity (Wildman–Crippen MR) is 41.6 cm³/mol. The molecule has 0 atom stereocenters. The van der Waals surface area contributed by atoms with Crippen LogP contribution in [0.3, 0.4) is 0 Å². The minimum atomic E-state index is 0. The SMILES string of the molecule is F.O.O.[B]c1ccccc1. The summed E-state index contributed by atoms with van der Waals surface area (Å²) in [5.74, 6) is 0. The Kier molecular flexibility index (Phi) is 13.1. The molecular weight excluding hydrogens is 134 g/mol. The molecule has 0 unspecified atom stereocenters. The van der Waals surface area contributed by atoms with Crippen LogP contribution in [0.5, 0.6) is 0 Å². The highest BCUT2D eigenvalue weighted by atomic mass is 19.0. The van der Waals surface area contributed by atoms with Crippen molar-refractivity contribution >= 4 is 13.3 Å². The molecule has 0 aliphatic rings. The lowest BCUT2D eigenvalue weighted by molar-refractivity contribution is 0.823. The van der Waals surface area contributed by atoms with Gasteiger partial charge < -0.3 is 11.0 Å². The Morgan fingerprint density at radius 2 is 1.30 bits per heavy atom. The van der Waals surface area contributed by atoms with E-state index < -0.39 is 0 Å². The van der Waals surface area contributed by atoms with Crippen LogP contribution >= 0.6 is 0 Å². The second kappa shape index (κ2) is 8.13. The van der Waals surface area contributed by atoms with Crippen LogP contribution in [0.25, 0.3) is 0 Å². The Balaban J connectivity index is -0.000000163. The van der Waals surface area contributed by atoms with Gasteiger partial charge in [-0.3, -0.25) is 4.70 Å². The Morgan fingerprint density at radius 3 is 1.50 bits per heavy atom. The van der Waals surface area contributed by atoms with Crippen molar-refractivity contribution in [2.75, 3.05) is 0 Å². The average molecular weight is 144 g/mol. The van der Waals surface area contributed by atoms with Crippen LogP contribution in [0.2, 0.25) is 0 Å². The van der Waals surface area contributed by atoms with Gasteiger partial charge in [-0.15, -0.1) is 0 Å². The summed E-state index contributed by atoms with van der Waals surface area (Å²) >= 11 is 0. The van der Waals surface area contributed by atoms with Gasteiger partial charge >= 0.3 is 0 Å². The lowest BCUT2D eigenvalue weighted by Gasteiger charge is -1.83. The zero-order valence-corrected chi connectivity index (χ0v) is 5.37. The first-order chi connectivity index (χ1) is 3.39. The summed E-state index contributed by atoms with van der Waals surface area (Å²) in [6, 6.07) is 9.49. The largest absolute Gasteiger partial charge is 0.412 e. The second-order valence-corrected chi connectivity index (χ2v) is 1.41. The van der Waals surface area contributed by atoms with E-state index in [1.165, 1.54) is 0 Å². The third-order valence-corrected chi connectivity index (χ3v) is 0.800. The van der Waals surface area contributed by atoms with E-state index >= 15 is 0 Å². The standard InChI is InChI=1S/C6H5B.FH.2H2O/c7-6-4-2-1-3-5-6;;;/h1-5H;1H;2*1H2. The molecule has 1 aromatic rings. The third kappa shape index (κ3) is 5.28. The van der Waals surface area contributed by atoms with Crippen LogP contribution in [-0.4, -0.2) is 18.8 Å². The van der Waals surface area contributed by atoms with Gasteiger partial charge in [0.15, 0.2) is 0 Å². The van der Waals surface area contributed by atoms with Crippen molar-refractivity contribution in [3.05, 3.63) is 30.3 Å². The molecule has 0 fully saturated rings. The summed E-state index contributed by atoms with van der Waals surface area (Å²) < 4.78 is 0. The molecule has 0 aliphatic heterocycles. The molecule has 0 aliphatic carbocycles. The van der Waals surface area contributed by atoms with E-state index in [0.717, 1.165) is 5.46 Å². The predicted octanol–water partition coefficient (Wildman–Crippen LogP) is -1.02. The van der Waals surface area contributed by atoms with Gasteiger partial charge in [-0.2, -0.15) is 0 Å². The Morgan fingerprint density at radius 1 is 0.900 bits per heavy atom. The van der Waals surface area contributed by atoms with Gasteiger partial charge in [0.05, 0.1) is 0 Å². The number of halogens is 1. The van der Waals surface area contributed by atoms with Gasteiger partial charge in [-0.05, 0) is 0 Å². The molecule has 0 heterocycles. The number of rotatable bonds is 0. The lowest BCUT2D eigenvalue weighted by Crippen LogP contribution is -1.97.